The highest BCUT2D eigenvalue weighted by Crippen LogP contribution is 2.29. The normalized spacial score (nSPS) is 24.7. The number of carbonyl (C=O) groups excluding carboxylic acids is 1. The SMILES string of the molecule is O=C1C=CN=C(C2CCC2)C1. The second-order valence-corrected chi connectivity index (χ2v) is 3.21. The molecule has 1 aliphatic carbocycles. The maximum Gasteiger partial charge on any atom is 0.162 e. The summed E-state index contributed by atoms with van der Waals surface area (Å²) in [6.07, 6.45) is 7.55. The fourth-order valence-electron chi connectivity index (χ4n) is 1.49. The third kappa shape index (κ3) is 1.25. The molecule has 1 saturated carbocycles. The summed E-state index contributed by atoms with van der Waals surface area (Å²) >= 11 is 0. The molecule has 0 radical (unpaired) electrons. The molecule has 0 atom stereocenters. The Balaban J connectivity index is 2.07. The quantitative estimate of drug-likeness (QED) is 0.558. The van der Waals surface area contributed by atoms with Gasteiger partial charge in [0.15, 0.2) is 5.78 Å². The van der Waals surface area contributed by atoms with Crippen molar-refractivity contribution in [1.82, 2.24) is 0 Å². The largest absolute Gasteiger partial charge is 0.294 e. The lowest BCUT2D eigenvalue weighted by Gasteiger charge is -2.27. The van der Waals surface area contributed by atoms with Gasteiger partial charge in [0.05, 0.1) is 0 Å². The minimum atomic E-state index is 0.210. The van der Waals surface area contributed by atoms with E-state index in [9.17, 15) is 4.79 Å². The van der Waals surface area contributed by atoms with Crippen LogP contribution in [0.1, 0.15) is 25.7 Å². The van der Waals surface area contributed by atoms with E-state index in [0.29, 0.717) is 12.3 Å². The van der Waals surface area contributed by atoms with Gasteiger partial charge in [0.2, 0.25) is 0 Å². The summed E-state index contributed by atoms with van der Waals surface area (Å²) in [6.45, 7) is 0. The minimum Gasteiger partial charge on any atom is -0.294 e. The van der Waals surface area contributed by atoms with Gasteiger partial charge in [0.1, 0.15) is 0 Å². The zero-order valence-electron chi connectivity index (χ0n) is 6.42. The van der Waals surface area contributed by atoms with E-state index in [1.807, 2.05) is 0 Å². The molecule has 2 aliphatic rings. The van der Waals surface area contributed by atoms with Gasteiger partial charge in [-0.25, -0.2) is 0 Å². The molecule has 0 N–H and O–H groups in total. The van der Waals surface area contributed by atoms with Crippen molar-refractivity contribution in [1.29, 1.82) is 0 Å². The van der Waals surface area contributed by atoms with E-state index in [0.717, 1.165) is 5.71 Å². The third-order valence-electron chi connectivity index (χ3n) is 2.43. The van der Waals surface area contributed by atoms with Crippen LogP contribution in [-0.2, 0) is 4.79 Å². The van der Waals surface area contributed by atoms with Gasteiger partial charge in [-0.3, -0.25) is 9.79 Å². The highest BCUT2D eigenvalue weighted by atomic mass is 16.1. The fourth-order valence-corrected chi connectivity index (χ4v) is 1.49. The standard InChI is InChI=1S/C9H11NO/c11-8-4-5-10-9(6-8)7-2-1-3-7/h4-5,7H,1-3,6H2. The zero-order chi connectivity index (χ0) is 7.68. The number of rotatable bonds is 1. The monoisotopic (exact) mass is 149 g/mol. The van der Waals surface area contributed by atoms with E-state index in [2.05, 4.69) is 4.99 Å². The number of aliphatic imine (C=N–C) groups is 1. The second kappa shape index (κ2) is 2.61. The average Bonchev–Trinajstić information content (AvgIpc) is 1.83. The summed E-state index contributed by atoms with van der Waals surface area (Å²) in [7, 11) is 0. The Morgan fingerprint density at radius 1 is 1.45 bits per heavy atom. The fraction of sp³-hybridized carbons (Fsp3) is 0.556. The van der Waals surface area contributed by atoms with Gasteiger partial charge < -0.3 is 0 Å². The maximum atomic E-state index is 11.0. The summed E-state index contributed by atoms with van der Waals surface area (Å²) in [4.78, 5) is 15.2. The highest BCUT2D eigenvalue weighted by Gasteiger charge is 2.24. The first kappa shape index (κ1) is 6.77. The van der Waals surface area contributed by atoms with Crippen molar-refractivity contribution in [2.24, 2.45) is 10.9 Å². The van der Waals surface area contributed by atoms with Gasteiger partial charge in [0, 0.05) is 18.3 Å². The predicted octanol–water partition coefficient (Wildman–Crippen LogP) is 1.71. The topological polar surface area (TPSA) is 29.4 Å². The molecule has 0 saturated heterocycles. The smallest absolute Gasteiger partial charge is 0.162 e. The van der Waals surface area contributed by atoms with Crippen molar-refractivity contribution in [2.75, 3.05) is 0 Å². The van der Waals surface area contributed by atoms with E-state index in [-0.39, 0.29) is 5.78 Å². The average molecular weight is 149 g/mol. The van der Waals surface area contributed by atoms with Crippen molar-refractivity contribution in [3.8, 4) is 0 Å². The molecule has 1 heterocycles. The van der Waals surface area contributed by atoms with Crippen molar-refractivity contribution >= 4 is 11.5 Å². The number of allylic oxidation sites excluding steroid dienone is 1. The molecular formula is C9H11NO. The Labute approximate surface area is 66.0 Å². The van der Waals surface area contributed by atoms with Gasteiger partial charge in [0.25, 0.3) is 0 Å². The van der Waals surface area contributed by atoms with Crippen molar-refractivity contribution in [3.05, 3.63) is 12.3 Å². The Morgan fingerprint density at radius 2 is 2.27 bits per heavy atom. The lowest BCUT2D eigenvalue weighted by Crippen LogP contribution is -2.25. The first-order chi connectivity index (χ1) is 5.36. The molecule has 2 heteroatoms. The molecule has 0 aromatic rings. The van der Waals surface area contributed by atoms with Crippen molar-refractivity contribution < 1.29 is 4.79 Å². The van der Waals surface area contributed by atoms with Crippen LogP contribution in [0.5, 0.6) is 0 Å². The van der Waals surface area contributed by atoms with Crippen LogP contribution in [0.2, 0.25) is 0 Å². The van der Waals surface area contributed by atoms with Crippen LogP contribution in [-0.4, -0.2) is 11.5 Å². The lowest BCUT2D eigenvalue weighted by atomic mass is 9.79. The van der Waals surface area contributed by atoms with Gasteiger partial charge >= 0.3 is 0 Å². The molecule has 1 fully saturated rings. The van der Waals surface area contributed by atoms with Crippen LogP contribution >= 0.6 is 0 Å². The summed E-state index contributed by atoms with van der Waals surface area (Å²) in [5, 5.41) is 0. The number of hydrogen-bond donors (Lipinski definition) is 0. The third-order valence-corrected chi connectivity index (χ3v) is 2.43. The first-order valence-corrected chi connectivity index (χ1v) is 4.12. The Morgan fingerprint density at radius 3 is 2.82 bits per heavy atom. The molecule has 0 aromatic heterocycles. The van der Waals surface area contributed by atoms with Gasteiger partial charge in [-0.1, -0.05) is 6.42 Å². The number of hydrogen-bond acceptors (Lipinski definition) is 2. The minimum absolute atomic E-state index is 0.210. The molecule has 1 aliphatic heterocycles. The predicted molar refractivity (Wildman–Crippen MR) is 43.5 cm³/mol. The first-order valence-electron chi connectivity index (χ1n) is 4.12. The molecule has 0 spiro atoms. The number of nitrogens with zero attached hydrogens (tertiary/aromatic N) is 1. The lowest BCUT2D eigenvalue weighted by molar-refractivity contribution is -0.113. The van der Waals surface area contributed by atoms with Crippen LogP contribution in [0.3, 0.4) is 0 Å². The number of carbonyl (C=O) groups is 1. The highest BCUT2D eigenvalue weighted by molar-refractivity contribution is 6.09. The van der Waals surface area contributed by atoms with Crippen LogP contribution in [0.15, 0.2) is 17.3 Å². The molecule has 0 unspecified atom stereocenters. The van der Waals surface area contributed by atoms with Crippen molar-refractivity contribution in [2.45, 2.75) is 25.7 Å². The van der Waals surface area contributed by atoms with Gasteiger partial charge in [-0.05, 0) is 24.8 Å². The molecule has 0 bridgehead atoms. The number of ketones is 1. The van der Waals surface area contributed by atoms with Crippen LogP contribution in [0.4, 0.5) is 0 Å². The molecule has 2 nitrogen and oxygen atoms in total. The molecule has 0 amide bonds. The Hall–Kier alpha value is -0.920. The Bertz CT molecular complexity index is 236. The molecular weight excluding hydrogens is 138 g/mol. The van der Waals surface area contributed by atoms with E-state index in [1.54, 1.807) is 12.3 Å². The molecule has 2 rings (SSSR count). The van der Waals surface area contributed by atoms with Crippen LogP contribution in [0.25, 0.3) is 0 Å². The van der Waals surface area contributed by atoms with E-state index >= 15 is 0 Å². The van der Waals surface area contributed by atoms with Crippen LogP contribution < -0.4 is 0 Å². The molecule has 58 valence electrons. The zero-order valence-corrected chi connectivity index (χ0v) is 6.42. The van der Waals surface area contributed by atoms with Crippen LogP contribution in [0, 0.1) is 5.92 Å². The van der Waals surface area contributed by atoms with E-state index < -0.39 is 0 Å². The van der Waals surface area contributed by atoms with E-state index in [4.69, 9.17) is 0 Å². The molecule has 0 aromatic carbocycles. The maximum absolute atomic E-state index is 11.0. The summed E-state index contributed by atoms with van der Waals surface area (Å²) in [5.41, 5.74) is 1.11. The molecule has 11 heavy (non-hydrogen) atoms. The van der Waals surface area contributed by atoms with E-state index in [1.165, 1.54) is 19.3 Å². The second-order valence-electron chi connectivity index (χ2n) is 3.21. The summed E-state index contributed by atoms with van der Waals surface area (Å²) in [5.74, 6) is 0.839. The van der Waals surface area contributed by atoms with Gasteiger partial charge in [-0.15, -0.1) is 0 Å². The van der Waals surface area contributed by atoms with Crippen molar-refractivity contribution in [3.63, 3.8) is 0 Å². The summed E-state index contributed by atoms with van der Waals surface area (Å²) < 4.78 is 0. The van der Waals surface area contributed by atoms with Gasteiger partial charge in [-0.2, -0.15) is 0 Å². The Kier molecular flexibility index (Phi) is 1.60. The summed E-state index contributed by atoms with van der Waals surface area (Å²) in [6, 6.07) is 0.